The zero-order valence-corrected chi connectivity index (χ0v) is 11.0. The maximum absolute atomic E-state index is 12.1. The molecule has 0 N–H and O–H groups in total. The molecule has 0 saturated heterocycles. The summed E-state index contributed by atoms with van der Waals surface area (Å²) < 4.78 is 5.31. The monoisotopic (exact) mass is 267 g/mol. The van der Waals surface area contributed by atoms with Crippen molar-refractivity contribution in [3.8, 4) is 5.75 Å². The van der Waals surface area contributed by atoms with E-state index in [1.165, 1.54) is 5.01 Å². The topological polar surface area (TPSA) is 54.8 Å². The van der Waals surface area contributed by atoms with Crippen molar-refractivity contribution >= 4 is 17.4 Å². The largest absolute Gasteiger partial charge is 0.496 e. The Kier molecular flexibility index (Phi) is 3.16. The lowest BCUT2D eigenvalue weighted by atomic mass is 10.1. The lowest BCUT2D eigenvalue weighted by Gasteiger charge is -2.09. The van der Waals surface area contributed by atoms with E-state index >= 15 is 0 Å². The summed E-state index contributed by atoms with van der Waals surface area (Å²) in [5.41, 5.74) is 1.53. The van der Waals surface area contributed by atoms with Crippen molar-refractivity contribution in [2.45, 2.75) is 6.42 Å². The Morgan fingerprint density at radius 3 is 2.70 bits per heavy atom. The Bertz CT molecular complexity index is 668. The number of amides is 1. The summed E-state index contributed by atoms with van der Waals surface area (Å²) in [4.78, 5) is 16.2. The Morgan fingerprint density at radius 1 is 1.15 bits per heavy atom. The van der Waals surface area contributed by atoms with Crippen molar-refractivity contribution in [3.05, 3.63) is 54.2 Å². The quantitative estimate of drug-likeness (QED) is 0.857. The van der Waals surface area contributed by atoms with Gasteiger partial charge in [-0.3, -0.25) is 4.79 Å². The van der Waals surface area contributed by atoms with E-state index in [0.717, 1.165) is 5.56 Å². The van der Waals surface area contributed by atoms with E-state index in [9.17, 15) is 4.79 Å². The van der Waals surface area contributed by atoms with Crippen LogP contribution >= 0.6 is 0 Å². The van der Waals surface area contributed by atoms with Crippen LogP contribution in [0.25, 0.3) is 0 Å². The first-order chi connectivity index (χ1) is 9.79. The number of aromatic nitrogens is 1. The van der Waals surface area contributed by atoms with Crippen LogP contribution in [0.15, 0.2) is 53.8 Å². The van der Waals surface area contributed by atoms with Crippen LogP contribution in [0, 0.1) is 0 Å². The van der Waals surface area contributed by atoms with Gasteiger partial charge in [-0.2, -0.15) is 10.1 Å². The minimum absolute atomic E-state index is 0.0930. The average Bonchev–Trinajstić information content (AvgIpc) is 2.90. The van der Waals surface area contributed by atoms with Gasteiger partial charge in [-0.15, -0.1) is 0 Å². The van der Waals surface area contributed by atoms with Gasteiger partial charge in [0.15, 0.2) is 5.82 Å². The van der Waals surface area contributed by atoms with E-state index in [-0.39, 0.29) is 12.3 Å². The molecule has 1 aliphatic heterocycles. The summed E-state index contributed by atoms with van der Waals surface area (Å²) in [5.74, 6) is 1.15. The third-order valence-corrected chi connectivity index (χ3v) is 3.06. The van der Waals surface area contributed by atoms with Crippen LogP contribution in [0.1, 0.15) is 12.0 Å². The summed E-state index contributed by atoms with van der Waals surface area (Å²) in [7, 11) is 1.60. The van der Waals surface area contributed by atoms with Crippen LogP contribution in [-0.4, -0.2) is 23.7 Å². The molecule has 0 unspecified atom stereocenters. The van der Waals surface area contributed by atoms with Gasteiger partial charge in [-0.1, -0.05) is 18.2 Å². The van der Waals surface area contributed by atoms with Gasteiger partial charge in [-0.25, -0.2) is 4.98 Å². The van der Waals surface area contributed by atoms with Gasteiger partial charge >= 0.3 is 0 Å². The van der Waals surface area contributed by atoms with E-state index < -0.39 is 0 Å². The maximum Gasteiger partial charge on any atom is 0.254 e. The fourth-order valence-electron chi connectivity index (χ4n) is 2.12. The second-order valence-corrected chi connectivity index (χ2v) is 4.32. The minimum Gasteiger partial charge on any atom is -0.496 e. The van der Waals surface area contributed by atoms with E-state index in [2.05, 4.69) is 10.1 Å². The highest BCUT2D eigenvalue weighted by atomic mass is 16.5. The van der Waals surface area contributed by atoms with Gasteiger partial charge in [0.25, 0.3) is 5.91 Å². The van der Waals surface area contributed by atoms with Gasteiger partial charge in [-0.05, 0) is 24.3 Å². The molecule has 1 amide bonds. The van der Waals surface area contributed by atoms with Crippen molar-refractivity contribution in [2.24, 2.45) is 5.10 Å². The Hall–Kier alpha value is -2.69. The molecule has 2 heterocycles. The predicted molar refractivity (Wildman–Crippen MR) is 75.9 cm³/mol. The van der Waals surface area contributed by atoms with Gasteiger partial charge in [0.05, 0.1) is 19.2 Å². The number of rotatable bonds is 3. The van der Waals surface area contributed by atoms with Crippen molar-refractivity contribution < 1.29 is 9.53 Å². The van der Waals surface area contributed by atoms with Crippen molar-refractivity contribution in [3.63, 3.8) is 0 Å². The molecule has 1 aliphatic rings. The molecule has 0 spiro atoms. The van der Waals surface area contributed by atoms with Crippen LogP contribution in [0.4, 0.5) is 5.82 Å². The summed E-state index contributed by atoms with van der Waals surface area (Å²) in [6, 6.07) is 12.9. The van der Waals surface area contributed by atoms with E-state index in [0.29, 0.717) is 17.3 Å². The Balaban J connectivity index is 1.98. The number of benzene rings is 1. The van der Waals surface area contributed by atoms with E-state index in [4.69, 9.17) is 4.74 Å². The molecular formula is C15H13N3O2. The van der Waals surface area contributed by atoms with Gasteiger partial charge < -0.3 is 4.74 Å². The van der Waals surface area contributed by atoms with Gasteiger partial charge in [0.1, 0.15) is 5.75 Å². The predicted octanol–water partition coefficient (Wildman–Crippen LogP) is 2.23. The van der Waals surface area contributed by atoms with Crippen LogP contribution in [-0.2, 0) is 4.79 Å². The first-order valence-corrected chi connectivity index (χ1v) is 6.24. The number of hydrogen-bond donors (Lipinski definition) is 0. The van der Waals surface area contributed by atoms with Crippen molar-refractivity contribution in [1.29, 1.82) is 0 Å². The number of carbonyl (C=O) groups excluding carboxylic acids is 1. The molecule has 100 valence electrons. The number of pyridine rings is 1. The lowest BCUT2D eigenvalue weighted by molar-refractivity contribution is -0.116. The van der Waals surface area contributed by atoms with Crippen LogP contribution in [0.3, 0.4) is 0 Å². The Morgan fingerprint density at radius 2 is 1.95 bits per heavy atom. The number of nitrogens with zero attached hydrogens (tertiary/aromatic N) is 3. The molecule has 2 aromatic rings. The smallest absolute Gasteiger partial charge is 0.254 e. The van der Waals surface area contributed by atoms with Crippen LogP contribution in [0.5, 0.6) is 5.75 Å². The zero-order valence-electron chi connectivity index (χ0n) is 11.0. The third-order valence-electron chi connectivity index (χ3n) is 3.06. The first kappa shape index (κ1) is 12.3. The third kappa shape index (κ3) is 2.14. The highest BCUT2D eigenvalue weighted by Gasteiger charge is 2.28. The molecule has 1 aromatic carbocycles. The first-order valence-electron chi connectivity index (χ1n) is 6.24. The minimum atomic E-state index is -0.0930. The molecule has 20 heavy (non-hydrogen) atoms. The Labute approximate surface area is 116 Å². The number of anilines is 1. The molecule has 0 bridgehead atoms. The summed E-state index contributed by atoms with van der Waals surface area (Å²) >= 11 is 0. The molecule has 0 saturated carbocycles. The molecule has 1 aromatic heterocycles. The fourth-order valence-corrected chi connectivity index (χ4v) is 2.12. The summed E-state index contributed by atoms with van der Waals surface area (Å²) in [6.45, 7) is 0. The highest BCUT2D eigenvalue weighted by Crippen LogP contribution is 2.25. The molecule has 3 rings (SSSR count). The number of methoxy groups -OCH3 is 1. The van der Waals surface area contributed by atoms with Gasteiger partial charge in [0, 0.05) is 11.8 Å². The van der Waals surface area contributed by atoms with Crippen molar-refractivity contribution in [1.82, 2.24) is 4.98 Å². The number of para-hydroxylation sites is 1. The maximum atomic E-state index is 12.1. The number of ether oxygens (including phenoxy) is 1. The normalized spacial score (nSPS) is 14.3. The van der Waals surface area contributed by atoms with E-state index in [1.54, 1.807) is 25.4 Å². The summed E-state index contributed by atoms with van der Waals surface area (Å²) in [5, 5.41) is 5.71. The summed E-state index contributed by atoms with van der Waals surface area (Å²) in [6.07, 6.45) is 1.89. The van der Waals surface area contributed by atoms with Crippen LogP contribution < -0.4 is 9.75 Å². The number of hydrazone groups is 1. The number of carbonyl (C=O) groups is 1. The standard InChI is InChI=1S/C15H13N3O2/c1-20-13-7-3-2-6-11(13)12-10-15(19)18(17-12)14-8-4-5-9-16-14/h2-9H,10H2,1H3. The van der Waals surface area contributed by atoms with E-state index in [1.807, 2.05) is 30.3 Å². The second-order valence-electron chi connectivity index (χ2n) is 4.32. The zero-order chi connectivity index (χ0) is 13.9. The lowest BCUT2D eigenvalue weighted by Crippen LogP contribution is -2.20. The van der Waals surface area contributed by atoms with Crippen molar-refractivity contribution in [2.75, 3.05) is 12.1 Å². The molecule has 0 atom stereocenters. The van der Waals surface area contributed by atoms with Crippen LogP contribution in [0.2, 0.25) is 0 Å². The molecule has 0 fully saturated rings. The fraction of sp³-hybridized carbons (Fsp3) is 0.133. The SMILES string of the molecule is COc1ccccc1C1=NN(c2ccccn2)C(=O)C1. The molecular weight excluding hydrogens is 254 g/mol. The van der Waals surface area contributed by atoms with Gasteiger partial charge in [0.2, 0.25) is 0 Å². The average molecular weight is 267 g/mol. The highest BCUT2D eigenvalue weighted by molar-refractivity contribution is 6.19. The molecule has 0 aliphatic carbocycles. The molecule has 0 radical (unpaired) electrons. The molecule has 5 heteroatoms. The number of hydrogen-bond acceptors (Lipinski definition) is 4. The second kappa shape index (κ2) is 5.13. The molecule has 5 nitrogen and oxygen atoms in total.